The van der Waals surface area contributed by atoms with Gasteiger partial charge in [-0.2, -0.15) is 0 Å². The summed E-state index contributed by atoms with van der Waals surface area (Å²) in [6.45, 7) is 2.24. The van der Waals surface area contributed by atoms with Crippen molar-refractivity contribution >= 4 is 11.9 Å². The molecule has 0 aromatic heterocycles. The minimum Gasteiger partial charge on any atom is -0.480 e. The van der Waals surface area contributed by atoms with E-state index >= 15 is 0 Å². The van der Waals surface area contributed by atoms with Crippen LogP contribution in [-0.4, -0.2) is 28.7 Å². The monoisotopic (exact) mass is 253 g/mol. The predicted molar refractivity (Wildman–Crippen MR) is 64.9 cm³/mol. The van der Waals surface area contributed by atoms with Gasteiger partial charge in [0, 0.05) is 0 Å². The van der Waals surface area contributed by atoms with Crippen LogP contribution < -0.4 is 5.32 Å². The molecule has 1 aromatic carbocycles. The van der Waals surface area contributed by atoms with Crippen molar-refractivity contribution in [2.45, 2.75) is 32.0 Å². The summed E-state index contributed by atoms with van der Waals surface area (Å²) in [6.07, 6.45) is 0.0285. The van der Waals surface area contributed by atoms with E-state index in [4.69, 9.17) is 5.11 Å². The van der Waals surface area contributed by atoms with E-state index in [9.17, 15) is 14.0 Å². The number of alkyl halides is 1. The molecule has 4 nitrogen and oxygen atoms in total. The second kappa shape index (κ2) is 5.62. The zero-order valence-electron chi connectivity index (χ0n) is 10.3. The summed E-state index contributed by atoms with van der Waals surface area (Å²) in [5.41, 5.74) is -1.27. The Bertz CT molecular complexity index is 426. The smallest absolute Gasteiger partial charge is 0.329 e. The number of nitrogens with one attached hydrogen (secondary N) is 1. The number of hydrogen-bond donors (Lipinski definition) is 2. The highest BCUT2D eigenvalue weighted by atomic mass is 19.1. The van der Waals surface area contributed by atoms with Gasteiger partial charge in [-0.15, -0.1) is 0 Å². The molecule has 5 heteroatoms. The standard InChI is InChI=1S/C13H16FNO3/c1-13(2,14)11(12(17)18)15-10(16)8-9-6-4-3-5-7-9/h3-7,11H,8H2,1-2H3,(H,15,16)(H,17,18). The van der Waals surface area contributed by atoms with E-state index in [0.29, 0.717) is 0 Å². The molecule has 0 heterocycles. The van der Waals surface area contributed by atoms with Crippen molar-refractivity contribution in [1.82, 2.24) is 5.32 Å². The number of aliphatic carboxylic acids is 1. The number of benzene rings is 1. The average molecular weight is 253 g/mol. The number of carboxylic acid groups (broad SMARTS) is 1. The van der Waals surface area contributed by atoms with Crippen LogP contribution in [0.15, 0.2) is 30.3 Å². The van der Waals surface area contributed by atoms with Crippen LogP contribution in [0.5, 0.6) is 0 Å². The number of carboxylic acids is 1. The van der Waals surface area contributed by atoms with Crippen LogP contribution in [0.2, 0.25) is 0 Å². The van der Waals surface area contributed by atoms with Crippen molar-refractivity contribution in [3.63, 3.8) is 0 Å². The second-order valence-corrected chi connectivity index (χ2v) is 4.57. The summed E-state index contributed by atoms with van der Waals surface area (Å²) in [7, 11) is 0. The molecule has 0 spiro atoms. The molecule has 0 aliphatic carbocycles. The van der Waals surface area contributed by atoms with Gasteiger partial charge in [0.1, 0.15) is 5.67 Å². The van der Waals surface area contributed by atoms with Gasteiger partial charge >= 0.3 is 5.97 Å². The first kappa shape index (κ1) is 14.2. The van der Waals surface area contributed by atoms with Crippen LogP contribution >= 0.6 is 0 Å². The van der Waals surface area contributed by atoms with Gasteiger partial charge in [0.05, 0.1) is 6.42 Å². The Morgan fingerprint density at radius 3 is 2.33 bits per heavy atom. The van der Waals surface area contributed by atoms with Crippen LogP contribution in [0, 0.1) is 0 Å². The molecule has 1 atom stereocenters. The van der Waals surface area contributed by atoms with Crippen LogP contribution in [0.1, 0.15) is 19.4 Å². The Morgan fingerprint density at radius 1 is 1.33 bits per heavy atom. The minimum atomic E-state index is -2.02. The fraction of sp³-hybridized carbons (Fsp3) is 0.385. The maximum Gasteiger partial charge on any atom is 0.329 e. The van der Waals surface area contributed by atoms with Crippen LogP contribution in [0.3, 0.4) is 0 Å². The maximum absolute atomic E-state index is 13.6. The Labute approximate surface area is 105 Å². The predicted octanol–water partition coefficient (Wildman–Crippen LogP) is 1.55. The first-order valence-corrected chi connectivity index (χ1v) is 5.55. The summed E-state index contributed by atoms with van der Waals surface area (Å²) in [4.78, 5) is 22.5. The zero-order valence-corrected chi connectivity index (χ0v) is 10.3. The van der Waals surface area contributed by atoms with Gasteiger partial charge in [0.15, 0.2) is 6.04 Å². The zero-order chi connectivity index (χ0) is 13.8. The molecule has 0 aliphatic heterocycles. The Balaban J connectivity index is 2.66. The molecule has 1 amide bonds. The fourth-order valence-corrected chi connectivity index (χ4v) is 1.52. The highest BCUT2D eigenvalue weighted by Gasteiger charge is 2.36. The van der Waals surface area contributed by atoms with Crippen LogP contribution in [0.25, 0.3) is 0 Å². The molecule has 0 bridgehead atoms. The molecule has 0 aliphatic rings. The van der Waals surface area contributed by atoms with Crippen molar-refractivity contribution < 1.29 is 19.1 Å². The van der Waals surface area contributed by atoms with E-state index in [1.54, 1.807) is 24.3 Å². The molecular formula is C13H16FNO3. The van der Waals surface area contributed by atoms with E-state index in [0.717, 1.165) is 19.4 Å². The number of carbonyl (C=O) groups excluding carboxylic acids is 1. The van der Waals surface area contributed by atoms with Gasteiger partial charge in [0.25, 0.3) is 0 Å². The molecule has 1 unspecified atom stereocenters. The summed E-state index contributed by atoms with van der Waals surface area (Å²) in [5, 5.41) is 11.1. The normalized spacial score (nSPS) is 12.8. The average Bonchev–Trinajstić information content (AvgIpc) is 2.25. The van der Waals surface area contributed by atoms with Gasteiger partial charge in [-0.1, -0.05) is 30.3 Å². The van der Waals surface area contributed by atoms with E-state index in [-0.39, 0.29) is 6.42 Å². The SMILES string of the molecule is CC(C)(F)C(NC(=O)Cc1ccccc1)C(=O)O. The third-order valence-corrected chi connectivity index (χ3v) is 2.45. The lowest BCUT2D eigenvalue weighted by Crippen LogP contribution is -2.52. The lowest BCUT2D eigenvalue weighted by Gasteiger charge is -2.24. The number of carbonyl (C=O) groups is 2. The summed E-state index contributed by atoms with van der Waals surface area (Å²) in [6, 6.07) is 7.30. The minimum absolute atomic E-state index is 0.0285. The van der Waals surface area contributed by atoms with E-state index < -0.39 is 23.6 Å². The van der Waals surface area contributed by atoms with E-state index in [2.05, 4.69) is 5.32 Å². The largest absolute Gasteiger partial charge is 0.480 e. The summed E-state index contributed by atoms with van der Waals surface area (Å²) < 4.78 is 13.6. The van der Waals surface area contributed by atoms with Crippen molar-refractivity contribution in [1.29, 1.82) is 0 Å². The lowest BCUT2D eigenvalue weighted by atomic mass is 10.0. The highest BCUT2D eigenvalue weighted by Crippen LogP contribution is 2.15. The third kappa shape index (κ3) is 4.16. The molecule has 2 N–H and O–H groups in total. The van der Waals surface area contributed by atoms with Crippen LogP contribution in [0.4, 0.5) is 4.39 Å². The Hall–Kier alpha value is -1.91. The number of halogens is 1. The topological polar surface area (TPSA) is 66.4 Å². The van der Waals surface area contributed by atoms with Gasteiger partial charge in [0.2, 0.25) is 5.91 Å². The van der Waals surface area contributed by atoms with E-state index in [1.807, 2.05) is 6.07 Å². The molecule has 98 valence electrons. The van der Waals surface area contributed by atoms with Gasteiger partial charge in [-0.25, -0.2) is 9.18 Å². The second-order valence-electron chi connectivity index (χ2n) is 4.57. The summed E-state index contributed by atoms with van der Waals surface area (Å²) in [5.74, 6) is -1.90. The Morgan fingerprint density at radius 2 is 1.89 bits per heavy atom. The van der Waals surface area contributed by atoms with Gasteiger partial charge in [-0.3, -0.25) is 4.79 Å². The van der Waals surface area contributed by atoms with Crippen molar-refractivity contribution in [3.05, 3.63) is 35.9 Å². The molecule has 0 fully saturated rings. The van der Waals surface area contributed by atoms with Gasteiger partial charge in [-0.05, 0) is 19.4 Å². The molecular weight excluding hydrogens is 237 g/mol. The Kier molecular flexibility index (Phi) is 4.42. The number of hydrogen-bond acceptors (Lipinski definition) is 2. The molecule has 0 saturated heterocycles. The maximum atomic E-state index is 13.6. The summed E-state index contributed by atoms with van der Waals surface area (Å²) >= 11 is 0. The lowest BCUT2D eigenvalue weighted by molar-refractivity contribution is -0.145. The molecule has 0 radical (unpaired) electrons. The quantitative estimate of drug-likeness (QED) is 0.836. The van der Waals surface area contributed by atoms with Crippen molar-refractivity contribution in [3.8, 4) is 0 Å². The molecule has 1 rings (SSSR count). The number of rotatable bonds is 5. The van der Waals surface area contributed by atoms with E-state index in [1.165, 1.54) is 0 Å². The molecule has 18 heavy (non-hydrogen) atoms. The highest BCUT2D eigenvalue weighted by molar-refractivity contribution is 5.85. The number of amides is 1. The first-order chi connectivity index (χ1) is 8.30. The molecule has 1 aromatic rings. The molecule has 0 saturated carbocycles. The van der Waals surface area contributed by atoms with Crippen LogP contribution in [-0.2, 0) is 16.0 Å². The fourth-order valence-electron chi connectivity index (χ4n) is 1.52. The third-order valence-electron chi connectivity index (χ3n) is 2.45. The van der Waals surface area contributed by atoms with Crippen molar-refractivity contribution in [2.75, 3.05) is 0 Å². The first-order valence-electron chi connectivity index (χ1n) is 5.55. The van der Waals surface area contributed by atoms with Gasteiger partial charge < -0.3 is 10.4 Å². The van der Waals surface area contributed by atoms with Crippen molar-refractivity contribution in [2.24, 2.45) is 0 Å².